The Kier molecular flexibility index (Phi) is 6.39. The van der Waals surface area contributed by atoms with Gasteiger partial charge in [0.15, 0.2) is 5.96 Å². The minimum atomic E-state index is -0.539. The quantitative estimate of drug-likeness (QED) is 0.532. The van der Waals surface area contributed by atoms with Crippen LogP contribution in [0.1, 0.15) is 71.1 Å². The van der Waals surface area contributed by atoms with E-state index in [2.05, 4.69) is 27.4 Å². The number of piperidine rings is 1. The predicted octanol–water partition coefficient (Wildman–Crippen LogP) is 2.25. The fourth-order valence-corrected chi connectivity index (χ4v) is 4.38. The summed E-state index contributed by atoms with van der Waals surface area (Å²) in [7, 11) is 0. The Morgan fingerprint density at radius 3 is 2.58 bits per heavy atom. The highest BCUT2D eigenvalue weighted by Crippen LogP contribution is 2.31. The largest absolute Gasteiger partial charge is 0.388 e. The number of aliphatic hydroxyl groups is 1. The van der Waals surface area contributed by atoms with Crippen LogP contribution in [0.2, 0.25) is 0 Å². The molecule has 0 aromatic heterocycles. The van der Waals surface area contributed by atoms with Crippen molar-refractivity contribution >= 4 is 5.96 Å². The molecule has 2 aliphatic carbocycles. The normalized spacial score (nSPS) is 29.1. The zero-order valence-corrected chi connectivity index (χ0v) is 15.4. The molecule has 0 radical (unpaired) electrons. The summed E-state index contributed by atoms with van der Waals surface area (Å²) in [6, 6.07) is 1.29. The van der Waals surface area contributed by atoms with Crippen molar-refractivity contribution in [3.05, 3.63) is 0 Å². The second-order valence-corrected chi connectivity index (χ2v) is 8.04. The van der Waals surface area contributed by atoms with E-state index in [1.807, 2.05) is 0 Å². The van der Waals surface area contributed by atoms with Crippen molar-refractivity contribution in [1.82, 2.24) is 15.5 Å². The lowest BCUT2D eigenvalue weighted by Crippen LogP contribution is -2.54. The molecular weight excluding hydrogens is 300 g/mol. The summed E-state index contributed by atoms with van der Waals surface area (Å²) in [4.78, 5) is 7.38. The molecule has 0 bridgehead atoms. The molecule has 1 unspecified atom stereocenters. The maximum Gasteiger partial charge on any atom is 0.191 e. The Hall–Kier alpha value is -0.810. The monoisotopic (exact) mass is 336 g/mol. The number of guanidine groups is 1. The molecule has 5 nitrogen and oxygen atoms in total. The molecule has 0 aromatic carbocycles. The smallest absolute Gasteiger partial charge is 0.191 e. The minimum Gasteiger partial charge on any atom is -0.388 e. The van der Waals surface area contributed by atoms with Gasteiger partial charge < -0.3 is 15.7 Å². The average molecular weight is 337 g/mol. The van der Waals surface area contributed by atoms with E-state index >= 15 is 0 Å². The fraction of sp³-hybridized carbons (Fsp3) is 0.947. The first-order chi connectivity index (χ1) is 11.7. The zero-order chi connectivity index (χ0) is 16.8. The van der Waals surface area contributed by atoms with E-state index < -0.39 is 5.60 Å². The number of hydrogen-bond acceptors (Lipinski definition) is 3. The Labute approximate surface area is 147 Å². The third-order valence-corrected chi connectivity index (χ3v) is 6.04. The number of aliphatic imine (C=N–C) groups is 1. The minimum absolute atomic E-state index is 0.481. The maximum atomic E-state index is 10.3. The van der Waals surface area contributed by atoms with Crippen molar-refractivity contribution in [2.45, 2.75) is 88.8 Å². The summed E-state index contributed by atoms with van der Waals surface area (Å²) in [6.07, 6.45) is 12.4. The van der Waals surface area contributed by atoms with E-state index in [0.717, 1.165) is 44.4 Å². The third kappa shape index (κ3) is 4.85. The number of rotatable bonds is 5. The third-order valence-electron chi connectivity index (χ3n) is 6.04. The van der Waals surface area contributed by atoms with Crippen LogP contribution in [0.5, 0.6) is 0 Å². The molecule has 0 spiro atoms. The van der Waals surface area contributed by atoms with Gasteiger partial charge >= 0.3 is 0 Å². The van der Waals surface area contributed by atoms with E-state index in [1.165, 1.54) is 51.5 Å². The molecule has 3 aliphatic rings. The van der Waals surface area contributed by atoms with Crippen LogP contribution in [-0.4, -0.2) is 59.8 Å². The predicted molar refractivity (Wildman–Crippen MR) is 99.4 cm³/mol. The lowest BCUT2D eigenvalue weighted by molar-refractivity contribution is -0.0236. The second kappa shape index (κ2) is 8.52. The van der Waals surface area contributed by atoms with E-state index in [1.54, 1.807) is 0 Å². The van der Waals surface area contributed by atoms with Crippen LogP contribution in [-0.2, 0) is 0 Å². The van der Waals surface area contributed by atoms with Gasteiger partial charge in [-0.15, -0.1) is 0 Å². The van der Waals surface area contributed by atoms with Crippen molar-refractivity contribution in [2.75, 3.05) is 26.2 Å². The highest BCUT2D eigenvalue weighted by Gasteiger charge is 2.34. The SMILES string of the molecule is CCNC(=NCC1(O)CCC1)NC1CCCN(C2CCCCC2)C1. The molecule has 3 N–H and O–H groups in total. The summed E-state index contributed by atoms with van der Waals surface area (Å²) >= 11 is 0. The highest BCUT2D eigenvalue weighted by atomic mass is 16.3. The Bertz CT molecular complexity index is 416. The Balaban J connectivity index is 1.52. The van der Waals surface area contributed by atoms with Crippen LogP contribution in [0.4, 0.5) is 0 Å². The van der Waals surface area contributed by atoms with Gasteiger partial charge in [0.2, 0.25) is 0 Å². The van der Waals surface area contributed by atoms with Crippen LogP contribution in [0.15, 0.2) is 4.99 Å². The van der Waals surface area contributed by atoms with Crippen molar-refractivity contribution in [3.63, 3.8) is 0 Å². The summed E-state index contributed by atoms with van der Waals surface area (Å²) in [6.45, 7) is 5.89. The van der Waals surface area contributed by atoms with Crippen LogP contribution in [0.3, 0.4) is 0 Å². The molecule has 3 rings (SSSR count). The van der Waals surface area contributed by atoms with Crippen molar-refractivity contribution in [2.24, 2.45) is 4.99 Å². The molecule has 0 amide bonds. The fourth-order valence-electron chi connectivity index (χ4n) is 4.38. The van der Waals surface area contributed by atoms with Crippen LogP contribution in [0, 0.1) is 0 Å². The summed E-state index contributed by atoms with van der Waals surface area (Å²) in [5.74, 6) is 0.883. The van der Waals surface area contributed by atoms with Crippen molar-refractivity contribution < 1.29 is 5.11 Å². The molecule has 1 saturated heterocycles. The first-order valence-corrected chi connectivity index (χ1v) is 10.2. The number of likely N-dealkylation sites (tertiary alicyclic amines) is 1. The van der Waals surface area contributed by atoms with Crippen LogP contribution < -0.4 is 10.6 Å². The highest BCUT2D eigenvalue weighted by molar-refractivity contribution is 5.80. The van der Waals surface area contributed by atoms with Crippen LogP contribution in [0.25, 0.3) is 0 Å². The zero-order valence-electron chi connectivity index (χ0n) is 15.4. The van der Waals surface area contributed by atoms with Crippen molar-refractivity contribution in [1.29, 1.82) is 0 Å². The number of hydrogen-bond donors (Lipinski definition) is 3. The van der Waals surface area contributed by atoms with Gasteiger partial charge in [0.25, 0.3) is 0 Å². The summed E-state index contributed by atoms with van der Waals surface area (Å²) in [5.41, 5.74) is -0.539. The van der Waals surface area contributed by atoms with E-state index in [-0.39, 0.29) is 0 Å². The second-order valence-electron chi connectivity index (χ2n) is 8.04. The van der Waals surface area contributed by atoms with Gasteiger partial charge in [0, 0.05) is 25.2 Å². The number of nitrogens with one attached hydrogen (secondary N) is 2. The molecule has 138 valence electrons. The Morgan fingerprint density at radius 2 is 1.92 bits per heavy atom. The topological polar surface area (TPSA) is 59.9 Å². The first-order valence-electron chi connectivity index (χ1n) is 10.2. The van der Waals surface area contributed by atoms with E-state index in [4.69, 9.17) is 0 Å². The molecule has 3 fully saturated rings. The maximum absolute atomic E-state index is 10.3. The van der Waals surface area contributed by atoms with Gasteiger partial charge in [-0.25, -0.2) is 0 Å². The van der Waals surface area contributed by atoms with Gasteiger partial charge in [-0.2, -0.15) is 0 Å². The molecule has 1 heterocycles. The van der Waals surface area contributed by atoms with Gasteiger partial charge in [-0.05, 0) is 58.4 Å². The molecule has 2 saturated carbocycles. The Morgan fingerprint density at radius 1 is 1.12 bits per heavy atom. The first kappa shape index (κ1) is 18.0. The van der Waals surface area contributed by atoms with Gasteiger partial charge in [0.1, 0.15) is 0 Å². The average Bonchev–Trinajstić information content (AvgIpc) is 2.59. The molecule has 0 aromatic rings. The van der Waals surface area contributed by atoms with Gasteiger partial charge in [0.05, 0.1) is 12.1 Å². The molecule has 1 atom stereocenters. The van der Waals surface area contributed by atoms with Gasteiger partial charge in [-0.1, -0.05) is 19.3 Å². The summed E-state index contributed by atoms with van der Waals surface area (Å²) in [5, 5.41) is 17.3. The summed E-state index contributed by atoms with van der Waals surface area (Å²) < 4.78 is 0. The van der Waals surface area contributed by atoms with E-state index in [0.29, 0.717) is 12.6 Å². The molecule has 24 heavy (non-hydrogen) atoms. The van der Waals surface area contributed by atoms with Crippen molar-refractivity contribution in [3.8, 4) is 0 Å². The molecule has 5 heteroatoms. The van der Waals surface area contributed by atoms with Crippen LogP contribution >= 0.6 is 0 Å². The standard InChI is InChI=1S/C19H36N4O/c1-2-20-18(21-15-19(24)11-7-12-19)22-16-8-6-13-23(14-16)17-9-4-3-5-10-17/h16-17,24H,2-15H2,1H3,(H2,20,21,22). The van der Waals surface area contributed by atoms with E-state index in [9.17, 15) is 5.11 Å². The molecule has 1 aliphatic heterocycles. The lowest BCUT2D eigenvalue weighted by Gasteiger charge is -2.40. The van der Waals surface area contributed by atoms with Gasteiger partial charge in [-0.3, -0.25) is 9.89 Å². The number of nitrogens with zero attached hydrogens (tertiary/aromatic N) is 2. The molecular formula is C19H36N4O. The lowest BCUT2D eigenvalue weighted by atomic mass is 9.80.